The Morgan fingerprint density at radius 2 is 1.79 bits per heavy atom. The molecule has 2 atom stereocenters. The maximum atomic E-state index is 16.8. The van der Waals surface area contributed by atoms with Gasteiger partial charge in [-0.1, -0.05) is 51.4 Å². The molecule has 0 spiro atoms. The zero-order chi connectivity index (χ0) is 43.1. The molecule has 2 fully saturated rings. The van der Waals surface area contributed by atoms with Gasteiger partial charge in [-0.2, -0.15) is 15.2 Å². The van der Waals surface area contributed by atoms with Crippen molar-refractivity contribution in [1.29, 1.82) is 5.26 Å². The van der Waals surface area contributed by atoms with Crippen molar-refractivity contribution in [1.82, 2.24) is 19.9 Å². The molecule has 8 rings (SSSR count). The number of nitrogen functional groups attached to an aromatic ring is 2. The van der Waals surface area contributed by atoms with Gasteiger partial charge >= 0.3 is 6.01 Å². The fourth-order valence-electron chi connectivity index (χ4n) is 6.49. The molecule has 3 aliphatic rings. The van der Waals surface area contributed by atoms with E-state index < -0.39 is 30.1 Å². The van der Waals surface area contributed by atoms with Crippen LogP contribution < -0.4 is 25.8 Å². The van der Waals surface area contributed by atoms with E-state index in [9.17, 15) is 27.2 Å². The lowest BCUT2D eigenvalue weighted by Crippen LogP contribution is -2.44. The summed E-state index contributed by atoms with van der Waals surface area (Å²) in [5, 5.41) is 10.2. The first kappa shape index (κ1) is 45.9. The van der Waals surface area contributed by atoms with Gasteiger partial charge in [0.25, 0.3) is 5.92 Å². The summed E-state index contributed by atoms with van der Waals surface area (Å²) in [5.74, 6) is -3.06. The van der Waals surface area contributed by atoms with Crippen molar-refractivity contribution in [3.8, 4) is 29.0 Å². The maximum Gasteiger partial charge on any atom is 0.318 e. The van der Waals surface area contributed by atoms with Gasteiger partial charge in [0.2, 0.25) is 6.43 Å². The van der Waals surface area contributed by atoms with Gasteiger partial charge in [0.05, 0.1) is 53.6 Å². The molecule has 2 saturated heterocycles. The number of anilines is 3. The molecular formula is C39H45ClF6N8O3S. The van der Waals surface area contributed by atoms with E-state index in [1.807, 2.05) is 44.7 Å². The molecule has 0 amide bonds. The molecule has 3 aromatic heterocycles. The second-order valence-corrected chi connectivity index (χ2v) is 14.1. The van der Waals surface area contributed by atoms with Crippen LogP contribution in [0.15, 0.2) is 30.5 Å². The van der Waals surface area contributed by atoms with E-state index in [1.165, 1.54) is 19.2 Å². The average Bonchev–Trinajstić information content (AvgIpc) is 3.88. The highest BCUT2D eigenvalue weighted by atomic mass is 35.5. The number of fused-ring (bicyclic) bond motifs is 2. The number of hydrogen-bond acceptors (Lipinski definition) is 12. The Bertz CT molecular complexity index is 2260. The van der Waals surface area contributed by atoms with Crippen LogP contribution in [0.3, 0.4) is 0 Å². The van der Waals surface area contributed by atoms with E-state index in [0.717, 1.165) is 18.3 Å². The smallest absolute Gasteiger partial charge is 0.318 e. The second-order valence-electron chi connectivity index (χ2n) is 12.6. The minimum absolute atomic E-state index is 0.0253. The minimum atomic E-state index is -2.41. The Balaban J connectivity index is 0.000000397. The van der Waals surface area contributed by atoms with Gasteiger partial charge in [0.1, 0.15) is 40.1 Å². The molecule has 11 nitrogen and oxygen atoms in total. The molecule has 0 aliphatic carbocycles. The molecule has 2 aromatic carbocycles. The second kappa shape index (κ2) is 19.7. The first-order valence-corrected chi connectivity index (χ1v) is 19.6. The highest BCUT2D eigenvalue weighted by Crippen LogP contribution is 2.52. The Hall–Kier alpha value is -4.83. The lowest BCUT2D eigenvalue weighted by atomic mass is 9.96. The van der Waals surface area contributed by atoms with E-state index in [-0.39, 0.29) is 98.2 Å². The Labute approximate surface area is 341 Å². The number of nitrogens with zero attached hydrogens (tertiary/aromatic N) is 6. The molecule has 58 heavy (non-hydrogen) atoms. The van der Waals surface area contributed by atoms with Crippen LogP contribution in [-0.4, -0.2) is 84.8 Å². The normalized spacial score (nSPS) is 17.6. The average molecular weight is 855 g/mol. The van der Waals surface area contributed by atoms with Crippen molar-refractivity contribution < 1.29 is 40.6 Å². The molecule has 0 saturated carbocycles. The summed E-state index contributed by atoms with van der Waals surface area (Å²) in [4.78, 5) is 16.7. The number of thiophene rings is 1. The van der Waals surface area contributed by atoms with E-state index in [4.69, 9.17) is 37.3 Å². The monoisotopic (exact) mass is 854 g/mol. The Morgan fingerprint density at radius 3 is 2.36 bits per heavy atom. The van der Waals surface area contributed by atoms with Gasteiger partial charge in [-0.15, -0.1) is 11.3 Å². The quantitative estimate of drug-likeness (QED) is 0.167. The van der Waals surface area contributed by atoms with Gasteiger partial charge < -0.3 is 35.5 Å². The summed E-state index contributed by atoms with van der Waals surface area (Å²) in [6.07, 6.45) is -1.07. The number of nitrogens with two attached hydrogens (primary N) is 2. The van der Waals surface area contributed by atoms with Crippen LogP contribution >= 0.6 is 22.9 Å². The Kier molecular flexibility index (Phi) is 15.6. The first-order chi connectivity index (χ1) is 27.6. The van der Waals surface area contributed by atoms with Crippen molar-refractivity contribution in [3.63, 3.8) is 0 Å². The van der Waals surface area contributed by atoms with Crippen molar-refractivity contribution in [3.05, 3.63) is 58.2 Å². The molecule has 0 bridgehead atoms. The lowest BCUT2D eigenvalue weighted by Gasteiger charge is -2.30. The number of methoxy groups -OCH3 is 1. The number of halogens is 7. The number of ether oxygens (including phenoxy) is 3. The number of rotatable bonds is 4. The van der Waals surface area contributed by atoms with Gasteiger partial charge in [-0.25, -0.2) is 31.3 Å². The summed E-state index contributed by atoms with van der Waals surface area (Å²) in [6.45, 7) is 10.1. The summed E-state index contributed by atoms with van der Waals surface area (Å²) >= 11 is 7.90. The third-order valence-electron chi connectivity index (χ3n) is 8.89. The number of likely N-dealkylation sites (tertiary alicyclic amines) is 1. The number of benzene rings is 2. The fourth-order valence-corrected chi connectivity index (χ4v) is 7.77. The van der Waals surface area contributed by atoms with E-state index >= 15 is 4.39 Å². The van der Waals surface area contributed by atoms with Gasteiger partial charge in [0, 0.05) is 42.2 Å². The van der Waals surface area contributed by atoms with Crippen molar-refractivity contribution in [2.24, 2.45) is 0 Å². The lowest BCUT2D eigenvalue weighted by molar-refractivity contribution is 0.0146. The predicted octanol–water partition coefficient (Wildman–Crippen LogP) is 9.33. The molecular weight excluding hydrogens is 810 g/mol. The topological polar surface area (TPSA) is 149 Å². The molecule has 6 heterocycles. The molecule has 4 N–H and O–H groups in total. The van der Waals surface area contributed by atoms with Crippen LogP contribution in [0.2, 0.25) is 5.02 Å². The first-order valence-electron chi connectivity index (χ1n) is 18.4. The van der Waals surface area contributed by atoms with Crippen LogP contribution in [0.25, 0.3) is 32.1 Å². The summed E-state index contributed by atoms with van der Waals surface area (Å²) < 4.78 is 94.4. The van der Waals surface area contributed by atoms with Crippen LogP contribution in [0.1, 0.15) is 52.2 Å². The van der Waals surface area contributed by atoms with Crippen molar-refractivity contribution in [2.45, 2.75) is 72.1 Å². The standard InChI is InChI=1S/C28H20ClF2N7O3S.C5H9F2N.C2H4F2.2C2H6/c1-39-28-36-22-19-23(20(29)18(21(22)31)12-4-5-14(30)24-17(12)13(7-32)26(34)42-24)41-16-10-40-9-15(16)38(27(19)37-28)8-11-3-2-6-35-25(11)33;1-8-3-2-5(6,7)4-8;1-2(3)4;2*1-2/h2-6,15-16H,8-10,34H2,1H3,(H2,33,35);2-4H2,1H3;2H,1H3;2*1-2H3. The number of nitriles is 1. The zero-order valence-corrected chi connectivity index (χ0v) is 34.6. The van der Waals surface area contributed by atoms with E-state index in [0.29, 0.717) is 23.7 Å². The third-order valence-corrected chi connectivity index (χ3v) is 10.3. The highest BCUT2D eigenvalue weighted by Gasteiger charge is 2.42. The van der Waals surface area contributed by atoms with Crippen LogP contribution in [0, 0.1) is 23.0 Å². The molecule has 19 heteroatoms. The van der Waals surface area contributed by atoms with Crippen LogP contribution in [0.5, 0.6) is 11.8 Å². The van der Waals surface area contributed by atoms with E-state index in [2.05, 4.69) is 15.0 Å². The maximum absolute atomic E-state index is 16.8. The van der Waals surface area contributed by atoms with Crippen LogP contribution in [-0.2, 0) is 11.3 Å². The van der Waals surface area contributed by atoms with Crippen molar-refractivity contribution in [2.75, 3.05) is 56.8 Å². The fraction of sp³-hybridized carbons (Fsp3) is 0.436. The van der Waals surface area contributed by atoms with Gasteiger partial charge in [-0.05, 0) is 31.7 Å². The summed E-state index contributed by atoms with van der Waals surface area (Å²) in [6, 6.07) is 7.71. The summed E-state index contributed by atoms with van der Waals surface area (Å²) in [5.41, 5.74) is 12.9. The molecule has 314 valence electrons. The number of alkyl halides is 4. The van der Waals surface area contributed by atoms with Gasteiger partial charge in [-0.3, -0.25) is 0 Å². The molecule has 3 aliphatic heterocycles. The van der Waals surface area contributed by atoms with Crippen LogP contribution in [0.4, 0.5) is 43.0 Å². The van der Waals surface area contributed by atoms with Crippen molar-refractivity contribution >= 4 is 60.6 Å². The van der Waals surface area contributed by atoms with Gasteiger partial charge in [0.15, 0.2) is 11.6 Å². The summed E-state index contributed by atoms with van der Waals surface area (Å²) in [7, 11) is 3.08. The zero-order valence-electron chi connectivity index (χ0n) is 33.0. The minimum Gasteiger partial charge on any atom is -0.483 e. The number of pyridine rings is 1. The molecule has 2 unspecified atom stereocenters. The largest absolute Gasteiger partial charge is 0.483 e. The molecule has 0 radical (unpaired) electrons. The molecule has 5 aromatic rings. The number of aromatic nitrogens is 3. The highest BCUT2D eigenvalue weighted by molar-refractivity contribution is 7.23. The van der Waals surface area contributed by atoms with E-state index in [1.54, 1.807) is 24.2 Å². The Morgan fingerprint density at radius 1 is 1.10 bits per heavy atom. The predicted molar refractivity (Wildman–Crippen MR) is 216 cm³/mol. The third kappa shape index (κ3) is 9.54. The number of hydrogen-bond donors (Lipinski definition) is 2. The SMILES string of the molecule is CC.CC.CC(F)F.CN1CCC(F)(F)C1.COc1nc2c3c(c(Cl)c(-c4ccc(F)c5sc(N)c(C#N)c45)c(F)c3n1)OC1COCC1N2Cc1cccnc1N.